The smallest absolute Gasteiger partial charge is 0.213 e. The number of aryl methyl sites for hydroxylation is 1. The van der Waals surface area contributed by atoms with Gasteiger partial charge in [-0.05, 0) is 26.7 Å². The molecular formula is C14H25N3O3S. The Morgan fingerprint density at radius 3 is 2.90 bits per heavy atom. The third kappa shape index (κ3) is 3.64. The Bertz CT molecular complexity index is 568. The molecule has 0 saturated carbocycles. The summed E-state index contributed by atoms with van der Waals surface area (Å²) in [7, 11) is -1.39. The van der Waals surface area contributed by atoms with E-state index >= 15 is 0 Å². The molecule has 1 aliphatic heterocycles. The molecule has 21 heavy (non-hydrogen) atoms. The minimum absolute atomic E-state index is 0.168. The number of sulfonamides is 1. The van der Waals surface area contributed by atoms with Gasteiger partial charge < -0.3 is 9.30 Å². The average Bonchev–Trinajstić information content (AvgIpc) is 3.07. The Morgan fingerprint density at radius 2 is 2.24 bits per heavy atom. The third-order valence-corrected chi connectivity index (χ3v) is 5.94. The number of rotatable bonds is 7. The normalized spacial score (nSPS) is 20.2. The maximum atomic E-state index is 12.0. The molecule has 2 heterocycles. The largest absolute Gasteiger partial charge is 0.385 e. The van der Waals surface area contributed by atoms with E-state index in [4.69, 9.17) is 4.74 Å². The van der Waals surface area contributed by atoms with Crippen LogP contribution >= 0.6 is 0 Å². The van der Waals surface area contributed by atoms with Crippen molar-refractivity contribution >= 4 is 10.0 Å². The predicted molar refractivity (Wildman–Crippen MR) is 81.8 cm³/mol. The number of imidazole rings is 1. The van der Waals surface area contributed by atoms with Crippen LogP contribution in [0.1, 0.15) is 37.2 Å². The van der Waals surface area contributed by atoms with Crippen molar-refractivity contribution in [1.29, 1.82) is 0 Å². The van der Waals surface area contributed by atoms with Gasteiger partial charge in [0.1, 0.15) is 5.82 Å². The van der Waals surface area contributed by atoms with Crippen LogP contribution in [0.2, 0.25) is 0 Å². The Labute approximate surface area is 127 Å². The summed E-state index contributed by atoms with van der Waals surface area (Å²) in [6.07, 6.45) is 3.66. The van der Waals surface area contributed by atoms with Crippen molar-refractivity contribution in [3.8, 4) is 0 Å². The third-order valence-electron chi connectivity index (χ3n) is 4.09. The highest BCUT2D eigenvalue weighted by atomic mass is 32.2. The first-order chi connectivity index (χ1) is 9.99. The Balaban J connectivity index is 2.10. The highest BCUT2D eigenvalue weighted by Crippen LogP contribution is 2.29. The van der Waals surface area contributed by atoms with Gasteiger partial charge in [-0.1, -0.05) is 0 Å². The van der Waals surface area contributed by atoms with Crippen molar-refractivity contribution in [3.05, 3.63) is 17.7 Å². The first kappa shape index (κ1) is 16.5. The van der Waals surface area contributed by atoms with Crippen molar-refractivity contribution in [3.63, 3.8) is 0 Å². The molecule has 1 aromatic rings. The van der Waals surface area contributed by atoms with Crippen molar-refractivity contribution in [2.75, 3.05) is 32.6 Å². The molecule has 0 aromatic carbocycles. The van der Waals surface area contributed by atoms with Crippen molar-refractivity contribution in [2.45, 2.75) is 39.2 Å². The molecule has 1 fully saturated rings. The van der Waals surface area contributed by atoms with Crippen LogP contribution in [0.25, 0.3) is 0 Å². The van der Waals surface area contributed by atoms with Gasteiger partial charge in [0.05, 0.1) is 5.75 Å². The van der Waals surface area contributed by atoms with E-state index in [0.717, 1.165) is 37.5 Å². The van der Waals surface area contributed by atoms with Crippen molar-refractivity contribution in [1.82, 2.24) is 13.9 Å². The summed E-state index contributed by atoms with van der Waals surface area (Å²) >= 11 is 0. The lowest BCUT2D eigenvalue weighted by Crippen LogP contribution is -2.30. The van der Waals surface area contributed by atoms with Crippen LogP contribution in [0, 0.1) is 6.92 Å². The van der Waals surface area contributed by atoms with E-state index in [-0.39, 0.29) is 11.7 Å². The van der Waals surface area contributed by atoms with Gasteiger partial charge in [-0.25, -0.2) is 17.7 Å². The Kier molecular flexibility index (Phi) is 5.40. The van der Waals surface area contributed by atoms with E-state index in [0.29, 0.717) is 13.1 Å². The van der Waals surface area contributed by atoms with Gasteiger partial charge in [0.15, 0.2) is 0 Å². The molecular weight excluding hydrogens is 290 g/mol. The Morgan fingerprint density at radius 1 is 1.48 bits per heavy atom. The van der Waals surface area contributed by atoms with Crippen LogP contribution in [-0.4, -0.2) is 54.8 Å². The van der Waals surface area contributed by atoms with Crippen LogP contribution < -0.4 is 0 Å². The second-order valence-electron chi connectivity index (χ2n) is 5.50. The fourth-order valence-electron chi connectivity index (χ4n) is 2.84. The first-order valence-electron chi connectivity index (χ1n) is 7.48. The molecule has 0 unspecified atom stereocenters. The molecule has 1 aromatic heterocycles. The van der Waals surface area contributed by atoms with Gasteiger partial charge in [-0.3, -0.25) is 0 Å². The van der Waals surface area contributed by atoms with Crippen LogP contribution in [0.15, 0.2) is 6.20 Å². The summed E-state index contributed by atoms with van der Waals surface area (Å²) in [5, 5.41) is 0. The lowest BCUT2D eigenvalue weighted by Gasteiger charge is -2.16. The molecule has 1 saturated heterocycles. The van der Waals surface area contributed by atoms with Crippen LogP contribution in [-0.2, 0) is 21.3 Å². The fourth-order valence-corrected chi connectivity index (χ4v) is 3.99. The quantitative estimate of drug-likeness (QED) is 0.713. The zero-order valence-corrected chi connectivity index (χ0v) is 13.9. The van der Waals surface area contributed by atoms with E-state index in [9.17, 15) is 8.42 Å². The second-order valence-corrected chi connectivity index (χ2v) is 7.76. The predicted octanol–water partition coefficient (Wildman–Crippen LogP) is 1.37. The van der Waals surface area contributed by atoms with E-state index in [1.165, 1.54) is 0 Å². The van der Waals surface area contributed by atoms with E-state index < -0.39 is 10.0 Å². The van der Waals surface area contributed by atoms with Gasteiger partial charge in [0.25, 0.3) is 0 Å². The molecule has 2 rings (SSSR count). The van der Waals surface area contributed by atoms with E-state index in [1.807, 2.05) is 13.1 Å². The fraction of sp³-hybridized carbons (Fsp3) is 0.786. The standard InChI is InChI=1S/C14H25N3O3S/c1-4-21(18,19)16-8-6-13(11-16)14-15-10-12(2)17(14)7-5-9-20-3/h10,13H,4-9,11H2,1-3H3/t13-/m0/s1. The molecule has 0 spiro atoms. The summed E-state index contributed by atoms with van der Waals surface area (Å²) in [5.74, 6) is 1.38. The number of hydrogen-bond acceptors (Lipinski definition) is 4. The van der Waals surface area contributed by atoms with E-state index in [1.54, 1.807) is 18.3 Å². The molecule has 0 radical (unpaired) electrons. The molecule has 0 bridgehead atoms. The molecule has 7 heteroatoms. The lowest BCUT2D eigenvalue weighted by atomic mass is 10.1. The molecule has 1 atom stereocenters. The summed E-state index contributed by atoms with van der Waals surface area (Å²) in [5.41, 5.74) is 1.12. The minimum atomic E-state index is -3.09. The average molecular weight is 315 g/mol. The van der Waals surface area contributed by atoms with Gasteiger partial charge in [-0.15, -0.1) is 0 Å². The van der Waals surface area contributed by atoms with Crippen LogP contribution in [0.5, 0.6) is 0 Å². The lowest BCUT2D eigenvalue weighted by molar-refractivity contribution is 0.189. The van der Waals surface area contributed by atoms with Crippen molar-refractivity contribution < 1.29 is 13.2 Å². The molecule has 1 aliphatic rings. The zero-order valence-electron chi connectivity index (χ0n) is 13.1. The molecule has 0 N–H and O–H groups in total. The highest BCUT2D eigenvalue weighted by molar-refractivity contribution is 7.89. The second kappa shape index (κ2) is 6.89. The number of hydrogen-bond donors (Lipinski definition) is 0. The minimum Gasteiger partial charge on any atom is -0.385 e. The summed E-state index contributed by atoms with van der Waals surface area (Å²) in [6.45, 7) is 6.48. The molecule has 0 aliphatic carbocycles. The maximum Gasteiger partial charge on any atom is 0.213 e. The maximum absolute atomic E-state index is 12.0. The molecule has 120 valence electrons. The van der Waals surface area contributed by atoms with Gasteiger partial charge in [0, 0.05) is 51.2 Å². The molecule has 0 amide bonds. The van der Waals surface area contributed by atoms with Crippen molar-refractivity contribution in [2.24, 2.45) is 0 Å². The Hall–Kier alpha value is -0.920. The summed E-state index contributed by atoms with van der Waals surface area (Å²) in [4.78, 5) is 4.52. The number of nitrogens with zero attached hydrogens (tertiary/aromatic N) is 3. The monoisotopic (exact) mass is 315 g/mol. The van der Waals surface area contributed by atoms with E-state index in [2.05, 4.69) is 9.55 Å². The van der Waals surface area contributed by atoms with Crippen LogP contribution in [0.4, 0.5) is 0 Å². The van der Waals surface area contributed by atoms with Gasteiger partial charge in [-0.2, -0.15) is 0 Å². The topological polar surface area (TPSA) is 64.4 Å². The highest BCUT2D eigenvalue weighted by Gasteiger charge is 2.33. The van der Waals surface area contributed by atoms with Gasteiger partial charge in [0.2, 0.25) is 10.0 Å². The summed E-state index contributed by atoms with van der Waals surface area (Å²) < 4.78 is 32.8. The SMILES string of the molecule is CCS(=O)(=O)N1CC[C@H](c2ncc(C)n2CCCOC)C1. The summed E-state index contributed by atoms with van der Waals surface area (Å²) in [6, 6.07) is 0. The van der Waals surface area contributed by atoms with Crippen LogP contribution in [0.3, 0.4) is 0 Å². The van der Waals surface area contributed by atoms with Gasteiger partial charge >= 0.3 is 0 Å². The number of methoxy groups -OCH3 is 1. The molecule has 6 nitrogen and oxygen atoms in total. The zero-order chi connectivity index (χ0) is 15.5. The number of ether oxygens (including phenoxy) is 1. The number of aromatic nitrogens is 2. The first-order valence-corrected chi connectivity index (χ1v) is 9.09.